The predicted octanol–water partition coefficient (Wildman–Crippen LogP) is 5.19. The molecule has 0 saturated heterocycles. The highest BCUT2D eigenvalue weighted by molar-refractivity contribution is 5.35. The quantitative estimate of drug-likeness (QED) is 0.603. The van der Waals surface area contributed by atoms with Crippen LogP contribution in [0.1, 0.15) is 47.5 Å². The molecular weight excluding hydrogens is 199 g/mol. The SMILES string of the molecule is CC(C)CC1=CCC(C(C)(C)C)=CC(F)=C1. The van der Waals surface area contributed by atoms with E-state index in [1.165, 1.54) is 5.57 Å². The normalized spacial score (nSPS) is 17.8. The van der Waals surface area contributed by atoms with Crippen molar-refractivity contribution in [3.63, 3.8) is 0 Å². The van der Waals surface area contributed by atoms with Crippen LogP contribution in [0.2, 0.25) is 0 Å². The fraction of sp³-hybridized carbons (Fsp3) is 0.600. The standard InChI is InChI=1S/C15H23F/c1-11(2)8-12-6-7-13(15(3,4)5)10-14(16)9-12/h6,9-11H,7-8H2,1-5H3. The van der Waals surface area contributed by atoms with Gasteiger partial charge in [0.15, 0.2) is 0 Å². The minimum atomic E-state index is -0.102. The summed E-state index contributed by atoms with van der Waals surface area (Å²) in [6.45, 7) is 10.7. The molecule has 0 atom stereocenters. The molecule has 1 aliphatic carbocycles. The second kappa shape index (κ2) is 4.99. The summed E-state index contributed by atoms with van der Waals surface area (Å²) >= 11 is 0. The third-order valence-corrected chi connectivity index (χ3v) is 2.83. The lowest BCUT2D eigenvalue weighted by Crippen LogP contribution is -2.08. The lowest BCUT2D eigenvalue weighted by atomic mass is 9.84. The first kappa shape index (κ1) is 13.2. The van der Waals surface area contributed by atoms with Crippen molar-refractivity contribution in [3.05, 3.63) is 35.2 Å². The molecule has 0 aliphatic heterocycles. The van der Waals surface area contributed by atoms with E-state index in [1.807, 2.05) is 0 Å². The Kier molecular flexibility index (Phi) is 4.12. The van der Waals surface area contributed by atoms with Crippen molar-refractivity contribution in [1.29, 1.82) is 0 Å². The van der Waals surface area contributed by atoms with E-state index in [4.69, 9.17) is 0 Å². The summed E-state index contributed by atoms with van der Waals surface area (Å²) in [7, 11) is 0. The lowest BCUT2D eigenvalue weighted by molar-refractivity contribution is 0.490. The summed E-state index contributed by atoms with van der Waals surface area (Å²) in [5.74, 6) is 0.473. The van der Waals surface area contributed by atoms with Crippen LogP contribution in [0.25, 0.3) is 0 Å². The molecule has 0 bridgehead atoms. The van der Waals surface area contributed by atoms with Crippen molar-refractivity contribution in [3.8, 4) is 0 Å². The minimum Gasteiger partial charge on any atom is -0.207 e. The van der Waals surface area contributed by atoms with Gasteiger partial charge in [-0.2, -0.15) is 0 Å². The third-order valence-electron chi connectivity index (χ3n) is 2.83. The fourth-order valence-corrected chi connectivity index (χ4v) is 1.88. The fourth-order valence-electron chi connectivity index (χ4n) is 1.88. The second-order valence-corrected chi connectivity index (χ2v) is 6.03. The van der Waals surface area contributed by atoms with Gasteiger partial charge in [-0.25, -0.2) is 4.39 Å². The summed E-state index contributed by atoms with van der Waals surface area (Å²) in [6, 6.07) is 0. The first-order chi connectivity index (χ1) is 7.29. The van der Waals surface area contributed by atoms with Crippen molar-refractivity contribution in [2.45, 2.75) is 47.5 Å². The molecule has 0 saturated carbocycles. The Morgan fingerprint density at radius 3 is 2.38 bits per heavy atom. The molecule has 0 N–H and O–H groups in total. The van der Waals surface area contributed by atoms with Gasteiger partial charge < -0.3 is 0 Å². The molecule has 1 aliphatic rings. The largest absolute Gasteiger partial charge is 0.207 e. The van der Waals surface area contributed by atoms with Gasteiger partial charge in [0.1, 0.15) is 5.83 Å². The Hall–Kier alpha value is -0.850. The van der Waals surface area contributed by atoms with Crippen LogP contribution in [0.15, 0.2) is 35.2 Å². The molecule has 0 fully saturated rings. The zero-order valence-electron chi connectivity index (χ0n) is 11.1. The maximum atomic E-state index is 13.7. The van der Waals surface area contributed by atoms with Gasteiger partial charge in [0.2, 0.25) is 0 Å². The zero-order chi connectivity index (χ0) is 12.3. The van der Waals surface area contributed by atoms with E-state index in [0.29, 0.717) is 5.92 Å². The van der Waals surface area contributed by atoms with Gasteiger partial charge in [0.25, 0.3) is 0 Å². The Morgan fingerprint density at radius 1 is 1.25 bits per heavy atom. The van der Waals surface area contributed by atoms with Crippen LogP contribution < -0.4 is 0 Å². The Bertz CT molecular complexity index is 335. The molecule has 0 aromatic carbocycles. The average molecular weight is 222 g/mol. The maximum absolute atomic E-state index is 13.7. The Labute approximate surface area is 98.9 Å². The second-order valence-electron chi connectivity index (χ2n) is 6.03. The van der Waals surface area contributed by atoms with Crippen LogP contribution in [0.5, 0.6) is 0 Å². The molecule has 0 radical (unpaired) electrons. The summed E-state index contributed by atoms with van der Waals surface area (Å²) in [5.41, 5.74) is 2.35. The zero-order valence-corrected chi connectivity index (χ0v) is 11.1. The smallest absolute Gasteiger partial charge is 0.123 e. The van der Waals surface area contributed by atoms with Crippen molar-refractivity contribution in [1.82, 2.24) is 0 Å². The minimum absolute atomic E-state index is 0.0506. The number of hydrogen-bond acceptors (Lipinski definition) is 0. The monoisotopic (exact) mass is 222 g/mol. The molecule has 1 rings (SSSR count). The van der Waals surface area contributed by atoms with Gasteiger partial charge in [-0.1, -0.05) is 46.3 Å². The van der Waals surface area contributed by atoms with Gasteiger partial charge in [-0.05, 0) is 41.9 Å². The van der Waals surface area contributed by atoms with Crippen LogP contribution in [0.4, 0.5) is 4.39 Å². The highest BCUT2D eigenvalue weighted by Crippen LogP contribution is 2.32. The number of rotatable bonds is 2. The van der Waals surface area contributed by atoms with Gasteiger partial charge in [-0.3, -0.25) is 0 Å². The topological polar surface area (TPSA) is 0 Å². The molecule has 0 spiro atoms. The molecule has 0 heterocycles. The van der Waals surface area contributed by atoms with Gasteiger partial charge in [0, 0.05) is 0 Å². The molecule has 0 amide bonds. The third kappa shape index (κ3) is 3.96. The molecule has 16 heavy (non-hydrogen) atoms. The summed E-state index contributed by atoms with van der Waals surface area (Å²) in [5, 5.41) is 0. The van der Waals surface area contributed by atoms with Crippen LogP contribution >= 0.6 is 0 Å². The van der Waals surface area contributed by atoms with Crippen molar-refractivity contribution in [2.24, 2.45) is 11.3 Å². The maximum Gasteiger partial charge on any atom is 0.123 e. The number of halogens is 1. The van der Waals surface area contributed by atoms with Gasteiger partial charge in [0.05, 0.1) is 0 Å². The van der Waals surface area contributed by atoms with Crippen molar-refractivity contribution in [2.75, 3.05) is 0 Å². The number of allylic oxidation sites excluding steroid dienone is 6. The van der Waals surface area contributed by atoms with E-state index in [9.17, 15) is 4.39 Å². The Balaban J connectivity index is 2.88. The predicted molar refractivity (Wildman–Crippen MR) is 68.9 cm³/mol. The van der Waals surface area contributed by atoms with Crippen molar-refractivity contribution < 1.29 is 4.39 Å². The highest BCUT2D eigenvalue weighted by Gasteiger charge is 2.18. The first-order valence-electron chi connectivity index (χ1n) is 6.06. The molecule has 0 unspecified atom stereocenters. The summed E-state index contributed by atoms with van der Waals surface area (Å²) in [4.78, 5) is 0. The molecule has 0 aromatic rings. The van der Waals surface area contributed by atoms with E-state index in [0.717, 1.165) is 18.4 Å². The van der Waals surface area contributed by atoms with E-state index in [2.05, 4.69) is 40.7 Å². The van der Waals surface area contributed by atoms with E-state index >= 15 is 0 Å². The number of hydrogen-bond donors (Lipinski definition) is 0. The molecule has 0 aromatic heterocycles. The van der Waals surface area contributed by atoms with Crippen LogP contribution in [-0.4, -0.2) is 0 Å². The van der Waals surface area contributed by atoms with Crippen LogP contribution in [-0.2, 0) is 0 Å². The van der Waals surface area contributed by atoms with Crippen LogP contribution in [0.3, 0.4) is 0 Å². The van der Waals surface area contributed by atoms with Crippen molar-refractivity contribution >= 4 is 0 Å². The molecular formula is C15H23F. The first-order valence-corrected chi connectivity index (χ1v) is 6.06. The molecule has 1 heteroatoms. The average Bonchev–Trinajstić information content (AvgIpc) is 2.24. The lowest BCUT2D eigenvalue weighted by Gasteiger charge is -2.21. The highest BCUT2D eigenvalue weighted by atomic mass is 19.1. The molecule has 90 valence electrons. The van der Waals surface area contributed by atoms with Gasteiger partial charge in [-0.15, -0.1) is 0 Å². The van der Waals surface area contributed by atoms with E-state index in [-0.39, 0.29) is 11.2 Å². The van der Waals surface area contributed by atoms with E-state index in [1.54, 1.807) is 12.2 Å². The molecule has 0 nitrogen and oxygen atoms in total. The summed E-state index contributed by atoms with van der Waals surface area (Å²) in [6.07, 6.45) is 7.38. The van der Waals surface area contributed by atoms with E-state index < -0.39 is 0 Å². The Morgan fingerprint density at radius 2 is 1.88 bits per heavy atom. The van der Waals surface area contributed by atoms with Crippen LogP contribution in [0, 0.1) is 11.3 Å². The summed E-state index contributed by atoms with van der Waals surface area (Å²) < 4.78 is 13.7. The van der Waals surface area contributed by atoms with Gasteiger partial charge >= 0.3 is 0 Å².